The number of carbonyl (C=O) groups is 1. The Morgan fingerprint density at radius 3 is 3.00 bits per heavy atom. The Bertz CT molecular complexity index is 560. The van der Waals surface area contributed by atoms with E-state index < -0.39 is 0 Å². The number of carbonyl (C=O) groups excluding carboxylic acids is 1. The highest BCUT2D eigenvalue weighted by molar-refractivity contribution is 7.99. The SMILES string of the molecule is O=C(NC[C@@]1(N2CCOCC2)CCSC1)c1cc(C2CC2)[nH]n1. The molecule has 2 saturated heterocycles. The maximum Gasteiger partial charge on any atom is 0.271 e. The fourth-order valence-electron chi connectivity index (χ4n) is 3.53. The smallest absolute Gasteiger partial charge is 0.271 e. The zero-order valence-electron chi connectivity index (χ0n) is 13.3. The monoisotopic (exact) mass is 336 g/mol. The van der Waals surface area contributed by atoms with Gasteiger partial charge in [0.1, 0.15) is 5.69 Å². The molecule has 1 amide bonds. The number of amides is 1. The van der Waals surface area contributed by atoms with E-state index in [1.165, 1.54) is 18.6 Å². The van der Waals surface area contributed by atoms with Crippen LogP contribution >= 0.6 is 11.8 Å². The summed E-state index contributed by atoms with van der Waals surface area (Å²) in [6, 6.07) is 1.91. The number of aromatic nitrogens is 2. The van der Waals surface area contributed by atoms with Gasteiger partial charge in [-0.25, -0.2) is 0 Å². The number of H-pyrrole nitrogens is 1. The Morgan fingerprint density at radius 2 is 2.30 bits per heavy atom. The molecule has 4 rings (SSSR count). The van der Waals surface area contributed by atoms with E-state index >= 15 is 0 Å². The van der Waals surface area contributed by atoms with Gasteiger partial charge in [-0.3, -0.25) is 14.8 Å². The van der Waals surface area contributed by atoms with E-state index in [4.69, 9.17) is 4.74 Å². The van der Waals surface area contributed by atoms with Gasteiger partial charge in [0.25, 0.3) is 5.91 Å². The second-order valence-electron chi connectivity index (χ2n) is 6.79. The molecule has 7 heteroatoms. The van der Waals surface area contributed by atoms with E-state index in [0.29, 0.717) is 18.2 Å². The Balaban J connectivity index is 1.39. The molecule has 0 unspecified atom stereocenters. The van der Waals surface area contributed by atoms with Crippen molar-refractivity contribution in [2.75, 3.05) is 44.4 Å². The summed E-state index contributed by atoms with van der Waals surface area (Å²) in [5.74, 6) is 2.79. The first-order chi connectivity index (χ1) is 11.3. The number of rotatable bonds is 5. The number of hydrogen-bond acceptors (Lipinski definition) is 5. The molecule has 23 heavy (non-hydrogen) atoms. The van der Waals surface area contributed by atoms with Crippen LogP contribution in [0, 0.1) is 0 Å². The number of nitrogens with one attached hydrogen (secondary N) is 2. The van der Waals surface area contributed by atoms with Crippen LogP contribution in [-0.2, 0) is 4.74 Å². The molecule has 1 aromatic heterocycles. The van der Waals surface area contributed by atoms with Gasteiger partial charge in [0.2, 0.25) is 0 Å². The lowest BCUT2D eigenvalue weighted by Crippen LogP contribution is -2.59. The number of aromatic amines is 1. The summed E-state index contributed by atoms with van der Waals surface area (Å²) in [5, 5.41) is 10.3. The van der Waals surface area contributed by atoms with E-state index in [1.807, 2.05) is 17.8 Å². The number of hydrogen-bond donors (Lipinski definition) is 2. The van der Waals surface area contributed by atoms with Crippen molar-refractivity contribution in [2.45, 2.75) is 30.7 Å². The molecule has 1 aliphatic carbocycles. The van der Waals surface area contributed by atoms with Crippen molar-refractivity contribution in [3.05, 3.63) is 17.5 Å². The van der Waals surface area contributed by atoms with Gasteiger partial charge in [0.05, 0.1) is 13.2 Å². The first-order valence-corrected chi connectivity index (χ1v) is 9.66. The minimum absolute atomic E-state index is 0.0577. The molecule has 6 nitrogen and oxygen atoms in total. The summed E-state index contributed by atoms with van der Waals surface area (Å²) in [6.07, 6.45) is 3.55. The quantitative estimate of drug-likeness (QED) is 0.846. The topological polar surface area (TPSA) is 70.2 Å². The van der Waals surface area contributed by atoms with Gasteiger partial charge in [-0.2, -0.15) is 16.9 Å². The highest BCUT2D eigenvalue weighted by Crippen LogP contribution is 2.39. The molecule has 3 fully saturated rings. The predicted octanol–water partition coefficient (Wildman–Crippen LogP) is 1.22. The summed E-state index contributed by atoms with van der Waals surface area (Å²) in [5.41, 5.74) is 1.71. The molecule has 3 aliphatic rings. The number of morpholine rings is 1. The molecule has 0 aromatic carbocycles. The van der Waals surface area contributed by atoms with E-state index in [2.05, 4.69) is 20.4 Å². The van der Waals surface area contributed by atoms with E-state index in [1.54, 1.807) is 0 Å². The van der Waals surface area contributed by atoms with Crippen molar-refractivity contribution in [1.82, 2.24) is 20.4 Å². The van der Waals surface area contributed by atoms with Crippen LogP contribution in [0.15, 0.2) is 6.07 Å². The summed E-state index contributed by atoms with van der Waals surface area (Å²) in [6.45, 7) is 4.22. The van der Waals surface area contributed by atoms with Gasteiger partial charge in [-0.05, 0) is 31.1 Å². The lowest BCUT2D eigenvalue weighted by atomic mass is 9.95. The molecule has 0 spiro atoms. The van der Waals surface area contributed by atoms with Gasteiger partial charge in [0, 0.05) is 42.5 Å². The molecule has 126 valence electrons. The lowest BCUT2D eigenvalue weighted by molar-refractivity contribution is -0.0129. The molecule has 1 saturated carbocycles. The van der Waals surface area contributed by atoms with Crippen LogP contribution in [0.1, 0.15) is 41.4 Å². The molecule has 0 radical (unpaired) electrons. The number of thioether (sulfide) groups is 1. The normalized spacial score (nSPS) is 28.9. The predicted molar refractivity (Wildman–Crippen MR) is 90.0 cm³/mol. The third-order valence-electron chi connectivity index (χ3n) is 5.19. The first kappa shape index (κ1) is 15.5. The lowest BCUT2D eigenvalue weighted by Gasteiger charge is -2.43. The zero-order chi connectivity index (χ0) is 15.7. The first-order valence-electron chi connectivity index (χ1n) is 8.51. The van der Waals surface area contributed by atoms with Crippen LogP contribution in [-0.4, -0.2) is 70.9 Å². The van der Waals surface area contributed by atoms with Gasteiger partial charge < -0.3 is 10.1 Å². The van der Waals surface area contributed by atoms with Crippen LogP contribution in [0.3, 0.4) is 0 Å². The molecule has 2 N–H and O–H groups in total. The average molecular weight is 336 g/mol. The molecule has 0 bridgehead atoms. The van der Waals surface area contributed by atoms with Gasteiger partial charge >= 0.3 is 0 Å². The fraction of sp³-hybridized carbons (Fsp3) is 0.750. The van der Waals surface area contributed by atoms with Crippen molar-refractivity contribution in [3.63, 3.8) is 0 Å². The van der Waals surface area contributed by atoms with Crippen molar-refractivity contribution < 1.29 is 9.53 Å². The highest BCUT2D eigenvalue weighted by atomic mass is 32.2. The van der Waals surface area contributed by atoms with Crippen LogP contribution in [0.5, 0.6) is 0 Å². The third kappa shape index (κ3) is 3.27. The Morgan fingerprint density at radius 1 is 1.48 bits per heavy atom. The maximum atomic E-state index is 12.4. The standard InChI is InChI=1S/C16H24N4O2S/c21-15(14-9-13(18-19-14)12-1-2-12)17-10-16(3-8-23-11-16)20-4-6-22-7-5-20/h9,12H,1-8,10-11H2,(H,17,21)(H,18,19)/t16-/m0/s1. The van der Waals surface area contributed by atoms with Crippen LogP contribution < -0.4 is 5.32 Å². The van der Waals surface area contributed by atoms with Gasteiger partial charge in [-0.1, -0.05) is 0 Å². The molecule has 1 atom stereocenters. The molecular formula is C16H24N4O2S. The Labute approximate surface area is 140 Å². The number of nitrogens with zero attached hydrogens (tertiary/aromatic N) is 2. The van der Waals surface area contributed by atoms with Crippen molar-refractivity contribution >= 4 is 17.7 Å². The van der Waals surface area contributed by atoms with Gasteiger partial charge in [-0.15, -0.1) is 0 Å². The molecule has 1 aromatic rings. The van der Waals surface area contributed by atoms with E-state index in [-0.39, 0.29) is 11.4 Å². The minimum atomic E-state index is -0.0577. The highest BCUT2D eigenvalue weighted by Gasteiger charge is 2.41. The van der Waals surface area contributed by atoms with Crippen molar-refractivity contribution in [1.29, 1.82) is 0 Å². The zero-order valence-corrected chi connectivity index (χ0v) is 14.2. The van der Waals surface area contributed by atoms with Gasteiger partial charge in [0.15, 0.2) is 0 Å². The molecule has 2 aliphatic heterocycles. The molecular weight excluding hydrogens is 312 g/mol. The van der Waals surface area contributed by atoms with E-state index in [9.17, 15) is 4.79 Å². The maximum absolute atomic E-state index is 12.4. The van der Waals surface area contributed by atoms with Crippen LogP contribution in [0.25, 0.3) is 0 Å². The summed E-state index contributed by atoms with van der Waals surface area (Å²) in [7, 11) is 0. The van der Waals surface area contributed by atoms with Crippen LogP contribution in [0.2, 0.25) is 0 Å². The summed E-state index contributed by atoms with van der Waals surface area (Å²) in [4.78, 5) is 14.9. The Kier molecular flexibility index (Phi) is 4.34. The largest absolute Gasteiger partial charge is 0.379 e. The van der Waals surface area contributed by atoms with Crippen molar-refractivity contribution in [2.24, 2.45) is 0 Å². The third-order valence-corrected chi connectivity index (χ3v) is 6.42. The van der Waals surface area contributed by atoms with Crippen molar-refractivity contribution in [3.8, 4) is 0 Å². The second-order valence-corrected chi connectivity index (χ2v) is 7.90. The summed E-state index contributed by atoms with van der Waals surface area (Å²) < 4.78 is 5.48. The fourth-order valence-corrected chi connectivity index (χ4v) is 5.00. The number of ether oxygens (including phenoxy) is 1. The molecule has 3 heterocycles. The Hall–Kier alpha value is -1.05. The van der Waals surface area contributed by atoms with Crippen LogP contribution in [0.4, 0.5) is 0 Å². The summed E-state index contributed by atoms with van der Waals surface area (Å²) >= 11 is 1.98. The minimum Gasteiger partial charge on any atom is -0.379 e. The second kappa shape index (κ2) is 6.45. The average Bonchev–Trinajstić information content (AvgIpc) is 3.14. The van der Waals surface area contributed by atoms with E-state index in [0.717, 1.165) is 44.2 Å².